The fraction of sp³-hybridized carbons (Fsp3) is 0.318. The van der Waals surface area contributed by atoms with Crippen LogP contribution in [0.25, 0.3) is 27.1 Å². The van der Waals surface area contributed by atoms with E-state index in [0.717, 1.165) is 38.3 Å². The normalized spacial score (nSPS) is 12.2. The Morgan fingerprint density at radius 1 is 1.45 bits per heavy atom. The molecule has 31 heavy (non-hydrogen) atoms. The Labute approximate surface area is 180 Å². The molecule has 9 heteroatoms. The molecule has 2 amide bonds. The second-order valence-corrected chi connectivity index (χ2v) is 7.43. The van der Waals surface area contributed by atoms with E-state index >= 15 is 0 Å². The lowest BCUT2D eigenvalue weighted by Crippen LogP contribution is -2.36. The number of carbonyl (C=O) groups is 1. The summed E-state index contributed by atoms with van der Waals surface area (Å²) in [5, 5.41) is 15.7. The third-order valence-electron chi connectivity index (χ3n) is 4.90. The number of aliphatic hydroxyl groups is 1. The number of fused-ring (bicyclic) bond motifs is 1. The Morgan fingerprint density at radius 2 is 2.23 bits per heavy atom. The quantitative estimate of drug-likeness (QED) is 0.348. The third kappa shape index (κ3) is 5.05. The van der Waals surface area contributed by atoms with Crippen molar-refractivity contribution in [3.63, 3.8) is 0 Å². The molecule has 3 N–H and O–H groups in total. The van der Waals surface area contributed by atoms with E-state index in [-0.39, 0.29) is 6.54 Å². The van der Waals surface area contributed by atoms with Gasteiger partial charge in [0.15, 0.2) is 0 Å². The first-order valence-electron chi connectivity index (χ1n) is 9.83. The summed E-state index contributed by atoms with van der Waals surface area (Å²) in [6, 6.07) is 5.13. The maximum Gasteiger partial charge on any atom is 0.335 e. The van der Waals surface area contributed by atoms with Crippen LogP contribution in [0.2, 0.25) is 0 Å². The number of nitrogens with zero attached hydrogens (tertiary/aromatic N) is 6. The predicted molar refractivity (Wildman–Crippen MR) is 119 cm³/mol. The smallest absolute Gasteiger partial charge is 0.335 e. The number of aliphatic hydroxyl groups excluding tert-OH is 1. The van der Waals surface area contributed by atoms with Crippen molar-refractivity contribution < 1.29 is 9.90 Å². The van der Waals surface area contributed by atoms with E-state index in [2.05, 4.69) is 14.9 Å². The number of urea groups is 1. The summed E-state index contributed by atoms with van der Waals surface area (Å²) < 4.78 is 1.87. The average Bonchev–Trinajstić information content (AvgIpc) is 3.14. The molecule has 0 saturated heterocycles. The van der Waals surface area contributed by atoms with Gasteiger partial charge in [0.1, 0.15) is 0 Å². The summed E-state index contributed by atoms with van der Waals surface area (Å²) in [5.41, 5.74) is 10.6. The molecular weight excluding hydrogens is 394 g/mol. The Hall–Kier alpha value is -3.77. The first-order chi connectivity index (χ1) is 14.8. The second kappa shape index (κ2) is 9.36. The monoisotopic (exact) mass is 419 g/mol. The molecule has 9 nitrogen and oxygen atoms in total. The Bertz CT molecular complexity index is 1170. The highest BCUT2D eigenvalue weighted by molar-refractivity contribution is 6.00. The number of imidazole rings is 1. The lowest BCUT2D eigenvalue weighted by Gasteiger charge is -2.16. The van der Waals surface area contributed by atoms with Crippen molar-refractivity contribution in [2.24, 2.45) is 17.9 Å². The number of aromatic nitrogens is 3. The van der Waals surface area contributed by atoms with Gasteiger partial charge >= 0.3 is 6.03 Å². The summed E-state index contributed by atoms with van der Waals surface area (Å²) in [6.45, 7) is 11.0. The fourth-order valence-electron chi connectivity index (χ4n) is 3.31. The van der Waals surface area contributed by atoms with Gasteiger partial charge in [-0.25, -0.2) is 26.3 Å². The molecule has 160 valence electrons. The van der Waals surface area contributed by atoms with Crippen molar-refractivity contribution in [2.45, 2.75) is 26.4 Å². The van der Waals surface area contributed by atoms with Crippen LogP contribution in [0.4, 0.5) is 4.79 Å². The van der Waals surface area contributed by atoms with E-state index in [4.69, 9.17) is 17.3 Å². The maximum absolute atomic E-state index is 11.7. The van der Waals surface area contributed by atoms with Crippen molar-refractivity contribution in [3.8, 4) is 11.4 Å². The minimum absolute atomic E-state index is 0.0151. The van der Waals surface area contributed by atoms with Crippen LogP contribution in [0.3, 0.4) is 0 Å². The molecule has 3 aromatic rings. The van der Waals surface area contributed by atoms with Gasteiger partial charge in [0.05, 0.1) is 48.3 Å². The summed E-state index contributed by atoms with van der Waals surface area (Å²) in [7, 11) is 1.89. The minimum Gasteiger partial charge on any atom is -0.391 e. The lowest BCUT2D eigenvalue weighted by molar-refractivity contribution is 0.139. The van der Waals surface area contributed by atoms with Gasteiger partial charge in [-0.05, 0) is 43.2 Å². The molecule has 1 unspecified atom stereocenters. The Morgan fingerprint density at radius 3 is 2.84 bits per heavy atom. The highest BCUT2D eigenvalue weighted by atomic mass is 16.3. The molecule has 2 heterocycles. The van der Waals surface area contributed by atoms with Gasteiger partial charge in [0.25, 0.3) is 0 Å². The Kier molecular flexibility index (Phi) is 6.62. The molecule has 0 aliphatic carbocycles. The van der Waals surface area contributed by atoms with Crippen molar-refractivity contribution >= 4 is 23.1 Å². The molecule has 1 aromatic carbocycles. The van der Waals surface area contributed by atoms with E-state index in [1.165, 1.54) is 0 Å². The van der Waals surface area contributed by atoms with Crippen molar-refractivity contribution in [2.75, 3.05) is 13.1 Å². The molecule has 3 rings (SSSR count). The number of benzene rings is 1. The molecule has 1 atom stereocenters. The van der Waals surface area contributed by atoms with E-state index in [9.17, 15) is 9.90 Å². The average molecular weight is 419 g/mol. The molecule has 0 saturated carbocycles. The van der Waals surface area contributed by atoms with Crippen LogP contribution in [0, 0.1) is 13.5 Å². The zero-order chi connectivity index (χ0) is 22.5. The predicted octanol–water partition coefficient (Wildman–Crippen LogP) is 2.50. The van der Waals surface area contributed by atoms with Crippen molar-refractivity contribution in [1.82, 2.24) is 19.5 Å². The number of hydrogen-bond donors (Lipinski definition) is 2. The molecule has 2 aromatic heterocycles. The number of amides is 2. The standard InChI is InChI=1S/C22H25N7O2/c1-14-7-19-18(8-16(14)5-6-24-3)17(10-26-29(22(23)31)12-15(2)30)9-20(27-19)21-11-25-13-28(21)4/h7-11,13,15,30H,5-6,12H2,1-2,4H3,(H2,23,31). The highest BCUT2D eigenvalue weighted by Crippen LogP contribution is 2.26. The zero-order valence-corrected chi connectivity index (χ0v) is 17.8. The van der Waals surface area contributed by atoms with Gasteiger partial charge in [-0.1, -0.05) is 0 Å². The highest BCUT2D eigenvalue weighted by Gasteiger charge is 2.14. The molecule has 0 radical (unpaired) electrons. The lowest BCUT2D eigenvalue weighted by atomic mass is 9.99. The molecule has 0 spiro atoms. The maximum atomic E-state index is 11.7. The molecule has 0 bridgehead atoms. The number of rotatable bonds is 7. The van der Waals surface area contributed by atoms with Crippen LogP contribution in [0.5, 0.6) is 0 Å². The summed E-state index contributed by atoms with van der Waals surface area (Å²) in [6.07, 6.45) is 4.85. The number of carbonyl (C=O) groups excluding carboxylic acids is 1. The van der Waals surface area contributed by atoms with Gasteiger partial charge in [0, 0.05) is 24.4 Å². The summed E-state index contributed by atoms with van der Waals surface area (Å²) in [4.78, 5) is 24.1. The Balaban J connectivity index is 2.17. The van der Waals surface area contributed by atoms with E-state index < -0.39 is 12.1 Å². The van der Waals surface area contributed by atoms with Gasteiger partial charge in [-0.2, -0.15) is 5.10 Å². The first kappa shape index (κ1) is 21.9. The zero-order valence-electron chi connectivity index (χ0n) is 17.8. The molecular formula is C22H25N7O2. The van der Waals surface area contributed by atoms with Gasteiger partial charge < -0.3 is 20.3 Å². The number of primary amides is 1. The van der Waals surface area contributed by atoms with Gasteiger partial charge in [0.2, 0.25) is 6.54 Å². The number of nitrogens with two attached hydrogens (primary N) is 1. The number of pyridine rings is 1. The SMILES string of the molecule is [C-]#[N+]CCc1cc2c(C=NN(CC(C)O)C(N)=O)cc(-c3cncn3C)nc2cc1C. The fourth-order valence-corrected chi connectivity index (χ4v) is 3.31. The number of aryl methyl sites for hydroxylation is 2. The summed E-state index contributed by atoms with van der Waals surface area (Å²) >= 11 is 0. The van der Waals surface area contributed by atoms with E-state index in [1.807, 2.05) is 36.7 Å². The van der Waals surface area contributed by atoms with Crippen molar-refractivity contribution in [1.29, 1.82) is 0 Å². The minimum atomic E-state index is -0.772. The summed E-state index contributed by atoms with van der Waals surface area (Å²) in [5.74, 6) is 0. The van der Waals surface area contributed by atoms with Crippen LogP contribution in [-0.4, -0.2) is 56.1 Å². The van der Waals surface area contributed by atoms with Crippen LogP contribution < -0.4 is 5.73 Å². The topological polar surface area (TPSA) is 114 Å². The van der Waals surface area contributed by atoms with Crippen LogP contribution >= 0.6 is 0 Å². The van der Waals surface area contributed by atoms with Crippen molar-refractivity contribution in [3.05, 3.63) is 58.8 Å². The van der Waals surface area contributed by atoms with E-state index in [1.54, 1.807) is 25.7 Å². The van der Waals surface area contributed by atoms with Gasteiger partial charge in [-0.15, -0.1) is 0 Å². The third-order valence-corrected chi connectivity index (χ3v) is 4.90. The van der Waals surface area contributed by atoms with E-state index in [0.29, 0.717) is 18.7 Å². The second-order valence-electron chi connectivity index (χ2n) is 7.43. The molecule has 0 aliphatic heterocycles. The van der Waals surface area contributed by atoms with Gasteiger partial charge in [-0.3, -0.25) is 0 Å². The van der Waals surface area contributed by atoms with Crippen LogP contribution in [0.15, 0.2) is 35.8 Å². The number of hydrogen-bond acceptors (Lipinski definition) is 5. The largest absolute Gasteiger partial charge is 0.391 e. The molecule has 0 fully saturated rings. The first-order valence-corrected chi connectivity index (χ1v) is 9.83. The molecule has 0 aliphatic rings. The van der Waals surface area contributed by atoms with Crippen LogP contribution in [0.1, 0.15) is 23.6 Å². The number of hydrazone groups is 1. The van der Waals surface area contributed by atoms with Crippen LogP contribution in [-0.2, 0) is 13.5 Å².